The largest absolute Gasteiger partial charge is 0.341 e. The third kappa shape index (κ3) is 3.41. The van der Waals surface area contributed by atoms with Crippen molar-refractivity contribution in [3.8, 4) is 0 Å². The van der Waals surface area contributed by atoms with Crippen LogP contribution in [0, 0.1) is 5.92 Å². The van der Waals surface area contributed by atoms with E-state index >= 15 is 0 Å². The molecule has 3 aliphatic rings. The molecule has 2 aliphatic heterocycles. The molecule has 3 heteroatoms. The number of rotatable bonds is 4. The van der Waals surface area contributed by atoms with Gasteiger partial charge in [0.05, 0.1) is 0 Å². The van der Waals surface area contributed by atoms with Crippen molar-refractivity contribution in [1.29, 1.82) is 0 Å². The smallest absolute Gasteiger partial charge is 0.0491 e. The lowest BCUT2D eigenvalue weighted by Gasteiger charge is -2.49. The van der Waals surface area contributed by atoms with Gasteiger partial charge in [-0.25, -0.2) is 0 Å². The summed E-state index contributed by atoms with van der Waals surface area (Å²) in [6, 6.07) is 17.8. The Bertz CT molecular complexity index is 1060. The second-order valence-electron chi connectivity index (χ2n) is 10.2. The third-order valence-corrected chi connectivity index (χ3v) is 8.58. The molecule has 0 N–H and O–H groups in total. The molecule has 0 bridgehead atoms. The Labute approximate surface area is 187 Å². The lowest BCUT2D eigenvalue weighted by molar-refractivity contribution is -0.00377. The van der Waals surface area contributed by atoms with Crippen LogP contribution in [0.3, 0.4) is 0 Å². The van der Waals surface area contributed by atoms with Gasteiger partial charge in [-0.3, -0.25) is 9.80 Å². The molecule has 3 aromatic rings. The lowest BCUT2D eigenvalue weighted by atomic mass is 9.78. The Hall–Kier alpha value is -1.84. The molecule has 31 heavy (non-hydrogen) atoms. The summed E-state index contributed by atoms with van der Waals surface area (Å²) >= 11 is 0. The maximum Gasteiger partial charge on any atom is 0.0491 e. The van der Waals surface area contributed by atoms with Crippen LogP contribution in [0.2, 0.25) is 0 Å². The van der Waals surface area contributed by atoms with Crippen LogP contribution in [0.25, 0.3) is 21.8 Å². The molecule has 164 valence electrons. The summed E-state index contributed by atoms with van der Waals surface area (Å²) in [6.07, 6.45) is 10.1. The number of fused-ring (bicyclic) bond motifs is 4. The molecule has 2 aromatic carbocycles. The van der Waals surface area contributed by atoms with E-state index in [2.05, 4.69) is 63.8 Å². The fourth-order valence-corrected chi connectivity index (χ4v) is 7.21. The number of hydrogen-bond acceptors (Lipinski definition) is 2. The highest BCUT2D eigenvalue weighted by Gasteiger charge is 2.42. The normalized spacial score (nSPS) is 26.1. The minimum atomic E-state index is 0.768. The number of aryl methyl sites for hydroxylation is 1. The van der Waals surface area contributed by atoms with Crippen molar-refractivity contribution in [3.05, 3.63) is 48.0 Å². The average Bonchev–Trinajstić information content (AvgIpc) is 3.42. The standard InChI is InChI=1S/C28H37N3/c1-2-31-25-12-7-6-11-23(25)24-19-21(14-15-26(24)31)20-30-18-17-29-16-8-13-27(29)28(30)22-9-4-3-5-10-22/h6-7,11-12,14-15,19,22,27-28H,2-5,8-10,13,16-18,20H2,1H3/t27-,28-/m1/s1. The highest BCUT2D eigenvalue weighted by molar-refractivity contribution is 6.08. The minimum absolute atomic E-state index is 0.768. The van der Waals surface area contributed by atoms with E-state index < -0.39 is 0 Å². The molecule has 0 amide bonds. The zero-order valence-electron chi connectivity index (χ0n) is 19.1. The Morgan fingerprint density at radius 3 is 2.52 bits per heavy atom. The molecular formula is C28H37N3. The van der Waals surface area contributed by atoms with Crippen LogP contribution in [-0.4, -0.2) is 46.1 Å². The van der Waals surface area contributed by atoms with E-state index in [0.29, 0.717) is 0 Å². The molecule has 3 nitrogen and oxygen atoms in total. The Kier molecular flexibility index (Phi) is 5.28. The molecule has 1 aliphatic carbocycles. The Morgan fingerprint density at radius 2 is 1.65 bits per heavy atom. The van der Waals surface area contributed by atoms with Gasteiger partial charge in [-0.2, -0.15) is 0 Å². The number of benzene rings is 2. The van der Waals surface area contributed by atoms with Gasteiger partial charge < -0.3 is 4.57 Å². The zero-order chi connectivity index (χ0) is 20.8. The van der Waals surface area contributed by atoms with Crippen molar-refractivity contribution in [2.24, 2.45) is 5.92 Å². The molecule has 0 unspecified atom stereocenters. The Morgan fingerprint density at radius 1 is 0.806 bits per heavy atom. The van der Waals surface area contributed by atoms with Gasteiger partial charge in [0.2, 0.25) is 0 Å². The number of hydrogen-bond donors (Lipinski definition) is 0. The summed E-state index contributed by atoms with van der Waals surface area (Å²) in [5.74, 6) is 0.908. The van der Waals surface area contributed by atoms with Crippen LogP contribution < -0.4 is 0 Å². The monoisotopic (exact) mass is 415 g/mol. The van der Waals surface area contributed by atoms with Crippen LogP contribution >= 0.6 is 0 Å². The first kappa shape index (κ1) is 19.8. The topological polar surface area (TPSA) is 11.4 Å². The molecule has 2 saturated heterocycles. The van der Waals surface area contributed by atoms with Crippen LogP contribution in [0.5, 0.6) is 0 Å². The van der Waals surface area contributed by atoms with Crippen molar-refractivity contribution in [2.75, 3.05) is 19.6 Å². The van der Waals surface area contributed by atoms with Gasteiger partial charge in [-0.15, -0.1) is 0 Å². The van der Waals surface area contributed by atoms with Gasteiger partial charge in [0.1, 0.15) is 0 Å². The summed E-state index contributed by atoms with van der Waals surface area (Å²) in [7, 11) is 0. The molecule has 1 saturated carbocycles. The van der Waals surface area contributed by atoms with E-state index in [1.165, 1.54) is 91.9 Å². The maximum absolute atomic E-state index is 2.89. The molecule has 0 spiro atoms. The number of aromatic nitrogens is 1. The first-order chi connectivity index (χ1) is 15.3. The van der Waals surface area contributed by atoms with Crippen LogP contribution in [0.4, 0.5) is 0 Å². The highest BCUT2D eigenvalue weighted by Crippen LogP contribution is 2.38. The fraction of sp³-hybridized carbons (Fsp3) is 0.571. The second kappa shape index (κ2) is 8.26. The molecule has 1 aromatic heterocycles. The summed E-state index contributed by atoms with van der Waals surface area (Å²) in [6.45, 7) is 8.25. The van der Waals surface area contributed by atoms with E-state index in [0.717, 1.165) is 31.1 Å². The number of para-hydroxylation sites is 1. The summed E-state index contributed by atoms with van der Waals surface area (Å²) < 4.78 is 2.47. The maximum atomic E-state index is 2.89. The van der Waals surface area contributed by atoms with Crippen LogP contribution in [0.1, 0.15) is 57.4 Å². The van der Waals surface area contributed by atoms with Gasteiger partial charge >= 0.3 is 0 Å². The lowest BCUT2D eigenvalue weighted by Crippen LogP contribution is -2.59. The van der Waals surface area contributed by atoms with Gasteiger partial charge in [0, 0.05) is 60.1 Å². The van der Waals surface area contributed by atoms with Crippen molar-refractivity contribution in [1.82, 2.24) is 14.4 Å². The van der Waals surface area contributed by atoms with Crippen molar-refractivity contribution in [2.45, 2.75) is 77.0 Å². The van der Waals surface area contributed by atoms with E-state index in [4.69, 9.17) is 0 Å². The third-order valence-electron chi connectivity index (χ3n) is 8.58. The molecular weight excluding hydrogens is 378 g/mol. The average molecular weight is 416 g/mol. The van der Waals surface area contributed by atoms with E-state index in [1.807, 2.05) is 0 Å². The minimum Gasteiger partial charge on any atom is -0.341 e. The first-order valence-corrected chi connectivity index (χ1v) is 12.8. The van der Waals surface area contributed by atoms with Gasteiger partial charge in [-0.1, -0.05) is 43.5 Å². The number of nitrogens with zero attached hydrogens (tertiary/aromatic N) is 3. The summed E-state index contributed by atoms with van der Waals surface area (Å²) in [5, 5.41) is 2.84. The van der Waals surface area contributed by atoms with Gasteiger partial charge in [0.15, 0.2) is 0 Å². The number of piperazine rings is 1. The van der Waals surface area contributed by atoms with Crippen molar-refractivity contribution in [3.63, 3.8) is 0 Å². The van der Waals surface area contributed by atoms with Crippen LogP contribution in [-0.2, 0) is 13.1 Å². The SMILES string of the molecule is CCn1c2ccccc2c2cc(CN3CCN4CCC[C@@H]4[C@H]3C3CCCCC3)ccc21. The second-order valence-corrected chi connectivity index (χ2v) is 10.2. The zero-order valence-corrected chi connectivity index (χ0v) is 19.1. The fourth-order valence-electron chi connectivity index (χ4n) is 7.21. The van der Waals surface area contributed by atoms with Crippen molar-refractivity contribution >= 4 is 21.8 Å². The predicted molar refractivity (Wildman–Crippen MR) is 130 cm³/mol. The Balaban J connectivity index is 1.34. The van der Waals surface area contributed by atoms with Gasteiger partial charge in [-0.05, 0) is 68.8 Å². The molecule has 3 heterocycles. The molecule has 2 atom stereocenters. The van der Waals surface area contributed by atoms with E-state index in [1.54, 1.807) is 0 Å². The van der Waals surface area contributed by atoms with E-state index in [9.17, 15) is 0 Å². The quantitative estimate of drug-likeness (QED) is 0.514. The summed E-state index contributed by atoms with van der Waals surface area (Å²) in [4.78, 5) is 5.72. The highest BCUT2D eigenvalue weighted by atomic mass is 15.3. The van der Waals surface area contributed by atoms with Crippen LogP contribution in [0.15, 0.2) is 42.5 Å². The molecule has 6 rings (SSSR count). The summed E-state index contributed by atoms with van der Waals surface area (Å²) in [5.41, 5.74) is 4.26. The molecule has 0 radical (unpaired) electrons. The predicted octanol–water partition coefficient (Wildman–Crippen LogP) is 6.04. The van der Waals surface area contributed by atoms with Crippen molar-refractivity contribution < 1.29 is 0 Å². The van der Waals surface area contributed by atoms with Gasteiger partial charge in [0.25, 0.3) is 0 Å². The van der Waals surface area contributed by atoms with E-state index in [-0.39, 0.29) is 0 Å². The molecule has 3 fully saturated rings. The first-order valence-electron chi connectivity index (χ1n) is 12.8.